The third-order valence-electron chi connectivity index (χ3n) is 5.34. The van der Waals surface area contributed by atoms with E-state index in [2.05, 4.69) is 35.3 Å². The van der Waals surface area contributed by atoms with Gasteiger partial charge in [-0.2, -0.15) is 0 Å². The maximum atomic E-state index is 6.49. The Morgan fingerprint density at radius 3 is 2.95 bits per heavy atom. The molecule has 120 valence electrons. The van der Waals surface area contributed by atoms with Crippen LogP contribution in [0, 0.1) is 0 Å². The largest absolute Gasteiger partial charge is 0.493 e. The summed E-state index contributed by atoms with van der Waals surface area (Å²) in [5.74, 6) is 2.05. The Bertz CT molecular complexity index is 534. The van der Waals surface area contributed by atoms with Crippen molar-refractivity contribution >= 4 is 0 Å². The molecule has 1 aromatic rings. The van der Waals surface area contributed by atoms with Gasteiger partial charge in [0.25, 0.3) is 0 Å². The third-order valence-corrected chi connectivity index (χ3v) is 5.34. The summed E-state index contributed by atoms with van der Waals surface area (Å²) in [6, 6.07) is 6.72. The van der Waals surface area contributed by atoms with E-state index in [0.29, 0.717) is 12.6 Å². The molecule has 3 aliphatic rings. The Kier molecular flexibility index (Phi) is 3.74. The number of nitrogens with one attached hydrogen (secondary N) is 1. The summed E-state index contributed by atoms with van der Waals surface area (Å²) in [4.78, 5) is 2.64. The highest BCUT2D eigenvalue weighted by Gasteiger charge is 2.46. The Hall–Kier alpha value is -1.26. The van der Waals surface area contributed by atoms with E-state index in [1.807, 2.05) is 0 Å². The fourth-order valence-corrected chi connectivity index (χ4v) is 4.30. The van der Waals surface area contributed by atoms with Crippen molar-refractivity contribution in [1.82, 2.24) is 10.2 Å². The molecule has 0 radical (unpaired) electrons. The van der Waals surface area contributed by atoms with Gasteiger partial charge in [-0.3, -0.25) is 4.90 Å². The van der Waals surface area contributed by atoms with Crippen molar-refractivity contribution in [2.45, 2.75) is 44.2 Å². The third kappa shape index (κ3) is 2.38. The highest BCUT2D eigenvalue weighted by Crippen LogP contribution is 2.49. The molecule has 2 unspecified atom stereocenters. The first-order valence-electron chi connectivity index (χ1n) is 8.71. The van der Waals surface area contributed by atoms with E-state index in [0.717, 1.165) is 37.4 Å². The van der Waals surface area contributed by atoms with Crippen LogP contribution in [0.15, 0.2) is 18.2 Å². The molecule has 2 fully saturated rings. The molecule has 3 aliphatic heterocycles. The monoisotopic (exact) mass is 302 g/mol. The maximum absolute atomic E-state index is 6.49. The van der Waals surface area contributed by atoms with Gasteiger partial charge >= 0.3 is 0 Å². The van der Waals surface area contributed by atoms with Gasteiger partial charge in [0.1, 0.15) is 17.1 Å². The van der Waals surface area contributed by atoms with Gasteiger partial charge in [-0.15, -0.1) is 0 Å². The molecule has 3 heterocycles. The van der Waals surface area contributed by atoms with Crippen molar-refractivity contribution in [3.05, 3.63) is 23.8 Å². The van der Waals surface area contributed by atoms with E-state index in [1.54, 1.807) is 0 Å². The molecular weight excluding hydrogens is 276 g/mol. The number of hydrogen-bond acceptors (Lipinski definition) is 4. The highest BCUT2D eigenvalue weighted by molar-refractivity contribution is 5.49. The lowest BCUT2D eigenvalue weighted by atomic mass is 9.85. The Balaban J connectivity index is 1.75. The van der Waals surface area contributed by atoms with E-state index in [1.165, 1.54) is 31.5 Å². The highest BCUT2D eigenvalue weighted by atomic mass is 16.5. The van der Waals surface area contributed by atoms with E-state index in [4.69, 9.17) is 9.47 Å². The summed E-state index contributed by atoms with van der Waals surface area (Å²) in [5, 5.41) is 3.49. The average molecular weight is 302 g/mol. The van der Waals surface area contributed by atoms with Gasteiger partial charge in [-0.05, 0) is 51.5 Å². The first-order valence-corrected chi connectivity index (χ1v) is 8.71. The van der Waals surface area contributed by atoms with Gasteiger partial charge in [-0.1, -0.05) is 6.07 Å². The van der Waals surface area contributed by atoms with E-state index >= 15 is 0 Å². The van der Waals surface area contributed by atoms with Crippen molar-refractivity contribution in [3.63, 3.8) is 0 Å². The van der Waals surface area contributed by atoms with Crippen LogP contribution in [0.2, 0.25) is 0 Å². The van der Waals surface area contributed by atoms with Crippen molar-refractivity contribution in [2.75, 3.05) is 32.8 Å². The lowest BCUT2D eigenvalue weighted by Gasteiger charge is -2.43. The zero-order valence-corrected chi connectivity index (χ0v) is 13.4. The first kappa shape index (κ1) is 14.3. The number of benzene rings is 1. The minimum absolute atomic E-state index is 0.0227. The summed E-state index contributed by atoms with van der Waals surface area (Å²) in [5.41, 5.74) is 1.26. The quantitative estimate of drug-likeness (QED) is 0.931. The lowest BCUT2D eigenvalue weighted by Crippen LogP contribution is -2.46. The fraction of sp³-hybridized carbons (Fsp3) is 0.667. The number of hydrogen-bond donors (Lipinski definition) is 1. The summed E-state index contributed by atoms with van der Waals surface area (Å²) in [6.07, 6.45) is 4.82. The topological polar surface area (TPSA) is 33.7 Å². The molecule has 0 bridgehead atoms. The minimum Gasteiger partial charge on any atom is -0.493 e. The van der Waals surface area contributed by atoms with Gasteiger partial charge < -0.3 is 14.8 Å². The number of fused-ring (bicyclic) bond motifs is 1. The molecule has 4 nitrogen and oxygen atoms in total. The molecule has 0 aliphatic carbocycles. The van der Waals surface area contributed by atoms with Crippen LogP contribution in [0.4, 0.5) is 0 Å². The molecule has 22 heavy (non-hydrogen) atoms. The lowest BCUT2D eigenvalue weighted by molar-refractivity contribution is 0.0213. The van der Waals surface area contributed by atoms with Crippen LogP contribution >= 0.6 is 0 Å². The molecule has 2 saturated heterocycles. The Morgan fingerprint density at radius 2 is 2.23 bits per heavy atom. The molecule has 2 atom stereocenters. The minimum atomic E-state index is -0.0227. The fourth-order valence-electron chi connectivity index (χ4n) is 4.30. The first-order chi connectivity index (χ1) is 10.8. The van der Waals surface area contributed by atoms with Gasteiger partial charge in [0, 0.05) is 25.4 Å². The normalized spacial score (nSPS) is 31.2. The molecule has 4 rings (SSSR count). The van der Waals surface area contributed by atoms with Crippen LogP contribution in [0.1, 0.15) is 44.2 Å². The Morgan fingerprint density at radius 1 is 1.36 bits per heavy atom. The van der Waals surface area contributed by atoms with Crippen LogP contribution in [-0.2, 0) is 0 Å². The molecule has 1 aromatic carbocycles. The molecular formula is C18H26N2O2. The van der Waals surface area contributed by atoms with Crippen molar-refractivity contribution < 1.29 is 9.47 Å². The van der Waals surface area contributed by atoms with Crippen molar-refractivity contribution in [3.8, 4) is 11.5 Å². The predicted molar refractivity (Wildman–Crippen MR) is 86.6 cm³/mol. The SMILES string of the molecule is CCOc1cccc2c1C(N1CCCC1)CC1(CCNC1)O2. The number of nitrogens with zero attached hydrogens (tertiary/aromatic N) is 1. The van der Waals surface area contributed by atoms with Gasteiger partial charge in [0.2, 0.25) is 0 Å². The summed E-state index contributed by atoms with van der Waals surface area (Å²) < 4.78 is 12.4. The van der Waals surface area contributed by atoms with E-state index in [9.17, 15) is 0 Å². The van der Waals surface area contributed by atoms with Crippen LogP contribution in [0.25, 0.3) is 0 Å². The summed E-state index contributed by atoms with van der Waals surface area (Å²) in [7, 11) is 0. The smallest absolute Gasteiger partial charge is 0.128 e. The van der Waals surface area contributed by atoms with Crippen LogP contribution in [0.5, 0.6) is 11.5 Å². The van der Waals surface area contributed by atoms with Crippen molar-refractivity contribution in [2.24, 2.45) is 0 Å². The summed E-state index contributed by atoms with van der Waals surface area (Å²) >= 11 is 0. The van der Waals surface area contributed by atoms with Crippen molar-refractivity contribution in [1.29, 1.82) is 0 Å². The molecule has 0 amide bonds. The van der Waals surface area contributed by atoms with E-state index in [-0.39, 0.29) is 5.60 Å². The Labute approximate surface area is 132 Å². The maximum Gasteiger partial charge on any atom is 0.128 e. The van der Waals surface area contributed by atoms with Gasteiger partial charge in [0.15, 0.2) is 0 Å². The van der Waals surface area contributed by atoms with E-state index < -0.39 is 0 Å². The van der Waals surface area contributed by atoms with Gasteiger partial charge in [0.05, 0.1) is 12.2 Å². The van der Waals surface area contributed by atoms with Crippen LogP contribution < -0.4 is 14.8 Å². The second-order valence-corrected chi connectivity index (χ2v) is 6.78. The number of likely N-dealkylation sites (tertiary alicyclic amines) is 1. The molecule has 4 heteroatoms. The molecule has 0 aromatic heterocycles. The second-order valence-electron chi connectivity index (χ2n) is 6.78. The second kappa shape index (κ2) is 5.74. The predicted octanol–water partition coefficient (Wildman–Crippen LogP) is 2.74. The zero-order chi connectivity index (χ0) is 15.0. The average Bonchev–Trinajstić information content (AvgIpc) is 3.19. The summed E-state index contributed by atoms with van der Waals surface area (Å²) in [6.45, 7) is 7.19. The molecule has 0 saturated carbocycles. The number of ether oxygens (including phenoxy) is 2. The van der Waals surface area contributed by atoms with Crippen LogP contribution in [-0.4, -0.2) is 43.3 Å². The van der Waals surface area contributed by atoms with Crippen LogP contribution in [0.3, 0.4) is 0 Å². The molecule has 1 N–H and O–H groups in total. The molecule has 1 spiro atoms. The number of rotatable bonds is 3. The zero-order valence-electron chi connectivity index (χ0n) is 13.4. The van der Waals surface area contributed by atoms with Gasteiger partial charge in [-0.25, -0.2) is 0 Å². The standard InChI is InChI=1S/C18H26N2O2/c1-2-21-15-6-5-7-16-17(15)14(20-10-3-4-11-20)12-18(22-16)8-9-19-13-18/h5-7,14,19H,2-4,8-13H2,1H3.